The molecule has 0 saturated heterocycles. The van der Waals surface area contributed by atoms with Gasteiger partial charge in [-0.1, -0.05) is 41.4 Å². The molecule has 0 radical (unpaired) electrons. The van der Waals surface area contributed by atoms with Gasteiger partial charge in [0.05, 0.1) is 11.8 Å². The van der Waals surface area contributed by atoms with Gasteiger partial charge in [-0.2, -0.15) is 5.10 Å². The van der Waals surface area contributed by atoms with Gasteiger partial charge in [-0.15, -0.1) is 0 Å². The molecule has 32 heavy (non-hydrogen) atoms. The number of nitrogens with one attached hydrogen (secondary N) is 2. The average Bonchev–Trinajstić information content (AvgIpc) is 2.77. The van der Waals surface area contributed by atoms with Gasteiger partial charge in [0.15, 0.2) is 0 Å². The van der Waals surface area contributed by atoms with E-state index in [1.54, 1.807) is 66.7 Å². The van der Waals surface area contributed by atoms with Crippen LogP contribution in [0.2, 0.25) is 10.0 Å². The van der Waals surface area contributed by atoms with E-state index in [1.165, 1.54) is 6.21 Å². The van der Waals surface area contributed by atoms with E-state index in [9.17, 15) is 14.4 Å². The van der Waals surface area contributed by atoms with E-state index >= 15 is 0 Å². The van der Waals surface area contributed by atoms with Gasteiger partial charge in [-0.05, 0) is 66.6 Å². The second kappa shape index (κ2) is 10.6. The number of amides is 2. The molecule has 0 aliphatic rings. The van der Waals surface area contributed by atoms with Crippen molar-refractivity contribution >= 4 is 52.9 Å². The summed E-state index contributed by atoms with van der Waals surface area (Å²) in [6.45, 7) is 1.82. The summed E-state index contributed by atoms with van der Waals surface area (Å²) in [5.74, 6) is -2.11. The van der Waals surface area contributed by atoms with Gasteiger partial charge < -0.3 is 10.1 Å². The Bertz CT molecular complexity index is 1190. The van der Waals surface area contributed by atoms with Crippen molar-refractivity contribution in [3.63, 3.8) is 0 Å². The molecule has 2 amide bonds. The lowest BCUT2D eigenvalue weighted by molar-refractivity contribution is -0.136. The number of esters is 1. The number of carbonyl (C=O) groups excluding carboxylic acids is 3. The number of nitrogens with zero attached hydrogens (tertiary/aromatic N) is 1. The summed E-state index contributed by atoms with van der Waals surface area (Å²) in [4.78, 5) is 36.1. The lowest BCUT2D eigenvalue weighted by atomic mass is 10.2. The molecule has 0 unspecified atom stereocenters. The van der Waals surface area contributed by atoms with Crippen LogP contribution in [0.5, 0.6) is 5.75 Å². The fourth-order valence-corrected chi connectivity index (χ4v) is 2.79. The molecule has 0 bridgehead atoms. The zero-order valence-electron chi connectivity index (χ0n) is 16.8. The fraction of sp³-hybridized carbons (Fsp3) is 0.0435. The van der Waals surface area contributed by atoms with E-state index in [4.69, 9.17) is 27.9 Å². The first-order chi connectivity index (χ1) is 15.3. The zero-order chi connectivity index (χ0) is 23.1. The Hall–Kier alpha value is -3.68. The van der Waals surface area contributed by atoms with Crippen LogP contribution in [0, 0.1) is 6.92 Å². The van der Waals surface area contributed by atoms with Gasteiger partial charge in [0.2, 0.25) is 0 Å². The monoisotopic (exact) mass is 469 g/mol. The number of hydrazone groups is 1. The van der Waals surface area contributed by atoms with Crippen molar-refractivity contribution in [3.8, 4) is 5.75 Å². The summed E-state index contributed by atoms with van der Waals surface area (Å²) in [6.07, 6.45) is 1.31. The largest absolute Gasteiger partial charge is 0.423 e. The average molecular weight is 470 g/mol. The second-order valence-electron chi connectivity index (χ2n) is 6.59. The van der Waals surface area contributed by atoms with Crippen molar-refractivity contribution in [2.24, 2.45) is 5.10 Å². The Morgan fingerprint density at radius 3 is 2.41 bits per heavy atom. The van der Waals surface area contributed by atoms with Crippen LogP contribution in [0.4, 0.5) is 5.69 Å². The summed E-state index contributed by atoms with van der Waals surface area (Å²) in [5.41, 5.74) is 4.26. The van der Waals surface area contributed by atoms with Crippen LogP contribution < -0.4 is 15.5 Å². The smallest absolute Gasteiger partial charge is 0.343 e. The third-order valence-electron chi connectivity index (χ3n) is 4.16. The van der Waals surface area contributed by atoms with Crippen molar-refractivity contribution < 1.29 is 19.1 Å². The van der Waals surface area contributed by atoms with Crippen molar-refractivity contribution in [1.29, 1.82) is 0 Å². The molecule has 9 heteroatoms. The number of carbonyl (C=O) groups is 3. The standard InChI is InChI=1S/C23H17Cl2N3O4/c1-14-5-10-18(12-20(14)25)27-21(29)22(30)28-26-13-15-3-2-4-19(11-15)32-23(31)16-6-8-17(24)9-7-16/h2-13H,1H3,(H,27,29)(H,28,30)/b26-13-. The van der Waals surface area contributed by atoms with E-state index < -0.39 is 17.8 Å². The highest BCUT2D eigenvalue weighted by molar-refractivity contribution is 6.39. The number of benzene rings is 3. The first-order valence-corrected chi connectivity index (χ1v) is 10.1. The van der Waals surface area contributed by atoms with Crippen LogP contribution in [0.15, 0.2) is 71.8 Å². The molecule has 3 rings (SSSR count). The molecule has 0 saturated carbocycles. The Morgan fingerprint density at radius 2 is 1.69 bits per heavy atom. The van der Waals surface area contributed by atoms with E-state index in [-0.39, 0.29) is 5.75 Å². The summed E-state index contributed by atoms with van der Waals surface area (Å²) < 4.78 is 5.33. The Morgan fingerprint density at radius 1 is 0.938 bits per heavy atom. The molecule has 3 aromatic rings. The van der Waals surface area contributed by atoms with Crippen LogP contribution in [-0.4, -0.2) is 24.0 Å². The van der Waals surface area contributed by atoms with Gasteiger partial charge in [0.25, 0.3) is 0 Å². The maximum Gasteiger partial charge on any atom is 0.343 e. The van der Waals surface area contributed by atoms with E-state index in [0.717, 1.165) is 5.56 Å². The fourth-order valence-electron chi connectivity index (χ4n) is 2.48. The first kappa shape index (κ1) is 23.0. The molecule has 0 aromatic heterocycles. The minimum absolute atomic E-state index is 0.286. The Balaban J connectivity index is 1.56. The molecule has 0 fully saturated rings. The van der Waals surface area contributed by atoms with Crippen molar-refractivity contribution in [2.75, 3.05) is 5.32 Å². The molecule has 7 nitrogen and oxygen atoms in total. The maximum absolute atomic E-state index is 12.2. The summed E-state index contributed by atoms with van der Waals surface area (Å²) in [6, 6.07) is 17.7. The molecule has 0 aliphatic carbocycles. The summed E-state index contributed by atoms with van der Waals surface area (Å²) in [7, 11) is 0. The van der Waals surface area contributed by atoms with Crippen LogP contribution in [0.3, 0.4) is 0 Å². The highest BCUT2D eigenvalue weighted by Gasteiger charge is 2.13. The minimum Gasteiger partial charge on any atom is -0.423 e. The quantitative estimate of drug-likeness (QED) is 0.187. The number of aryl methyl sites for hydroxylation is 1. The Kier molecular flexibility index (Phi) is 7.59. The summed E-state index contributed by atoms with van der Waals surface area (Å²) in [5, 5.41) is 7.17. The number of halogens is 2. The van der Waals surface area contributed by atoms with Crippen LogP contribution in [0.25, 0.3) is 0 Å². The lowest BCUT2D eigenvalue weighted by Crippen LogP contribution is -2.32. The van der Waals surface area contributed by atoms with Gasteiger partial charge >= 0.3 is 17.8 Å². The highest BCUT2D eigenvalue weighted by atomic mass is 35.5. The molecule has 0 spiro atoms. The van der Waals surface area contributed by atoms with Gasteiger partial charge in [0.1, 0.15) is 5.75 Å². The maximum atomic E-state index is 12.2. The predicted molar refractivity (Wildman–Crippen MR) is 123 cm³/mol. The number of anilines is 1. The van der Waals surface area contributed by atoms with Crippen molar-refractivity contribution in [1.82, 2.24) is 5.43 Å². The predicted octanol–water partition coefficient (Wildman–Crippen LogP) is 4.61. The summed E-state index contributed by atoms with van der Waals surface area (Å²) >= 11 is 11.8. The molecule has 2 N–H and O–H groups in total. The van der Waals surface area contributed by atoms with Gasteiger partial charge in [-0.25, -0.2) is 10.2 Å². The molecule has 3 aromatic carbocycles. The zero-order valence-corrected chi connectivity index (χ0v) is 18.3. The van der Waals surface area contributed by atoms with Crippen LogP contribution in [0.1, 0.15) is 21.5 Å². The normalized spacial score (nSPS) is 10.6. The molecule has 0 aliphatic heterocycles. The van der Waals surface area contributed by atoms with Crippen LogP contribution in [-0.2, 0) is 9.59 Å². The van der Waals surface area contributed by atoms with E-state index in [1.807, 2.05) is 6.92 Å². The van der Waals surface area contributed by atoms with Gasteiger partial charge in [-0.3, -0.25) is 9.59 Å². The van der Waals surface area contributed by atoms with Crippen molar-refractivity contribution in [3.05, 3.63) is 93.5 Å². The number of rotatable bonds is 5. The number of ether oxygens (including phenoxy) is 1. The molecule has 0 atom stereocenters. The van der Waals surface area contributed by atoms with E-state index in [0.29, 0.717) is 26.9 Å². The highest BCUT2D eigenvalue weighted by Crippen LogP contribution is 2.20. The molecular formula is C23H17Cl2N3O4. The van der Waals surface area contributed by atoms with Crippen molar-refractivity contribution in [2.45, 2.75) is 6.92 Å². The molecular weight excluding hydrogens is 453 g/mol. The minimum atomic E-state index is -0.955. The second-order valence-corrected chi connectivity index (χ2v) is 7.43. The molecule has 0 heterocycles. The molecule has 162 valence electrons. The third kappa shape index (κ3) is 6.41. The van der Waals surface area contributed by atoms with Crippen LogP contribution >= 0.6 is 23.2 Å². The number of hydrogen-bond acceptors (Lipinski definition) is 5. The number of hydrogen-bond donors (Lipinski definition) is 2. The lowest BCUT2D eigenvalue weighted by Gasteiger charge is -2.06. The topological polar surface area (TPSA) is 96.9 Å². The first-order valence-electron chi connectivity index (χ1n) is 9.30. The third-order valence-corrected chi connectivity index (χ3v) is 4.82. The SMILES string of the molecule is Cc1ccc(NC(=O)C(=O)N/N=C\c2cccc(OC(=O)c3ccc(Cl)cc3)c2)cc1Cl. The van der Waals surface area contributed by atoms with E-state index in [2.05, 4.69) is 15.8 Å². The Labute approximate surface area is 194 Å². The van der Waals surface area contributed by atoms with Gasteiger partial charge in [0, 0.05) is 15.7 Å².